The molecule has 2 aromatic rings. The van der Waals surface area contributed by atoms with Crippen LogP contribution in [0.1, 0.15) is 5.56 Å². The minimum Gasteiger partial charge on any atom is -0.389 e. The van der Waals surface area contributed by atoms with Crippen LogP contribution in [0.15, 0.2) is 46.9 Å². The van der Waals surface area contributed by atoms with Crippen molar-refractivity contribution in [3.8, 4) is 0 Å². The number of anilines is 2. The van der Waals surface area contributed by atoms with E-state index < -0.39 is 0 Å². The van der Waals surface area contributed by atoms with E-state index in [1.165, 1.54) is 12.1 Å². The highest BCUT2D eigenvalue weighted by Gasteiger charge is 2.12. The third-order valence-electron chi connectivity index (χ3n) is 2.78. The van der Waals surface area contributed by atoms with Crippen molar-refractivity contribution in [1.82, 2.24) is 0 Å². The van der Waals surface area contributed by atoms with Crippen molar-refractivity contribution in [2.45, 2.75) is 0 Å². The van der Waals surface area contributed by atoms with Gasteiger partial charge >= 0.3 is 0 Å². The molecule has 0 aromatic heterocycles. The van der Waals surface area contributed by atoms with E-state index in [-0.39, 0.29) is 5.82 Å². The molecule has 0 aliphatic heterocycles. The summed E-state index contributed by atoms with van der Waals surface area (Å²) in [4.78, 5) is 2.16. The summed E-state index contributed by atoms with van der Waals surface area (Å²) in [5, 5.41) is 0. The van der Waals surface area contributed by atoms with E-state index in [1.807, 2.05) is 36.2 Å². The van der Waals surface area contributed by atoms with E-state index in [0.717, 1.165) is 21.4 Å². The summed E-state index contributed by atoms with van der Waals surface area (Å²) in [5.74, 6) is -0.281. The van der Waals surface area contributed by atoms with E-state index in [9.17, 15) is 4.39 Å². The van der Waals surface area contributed by atoms with Gasteiger partial charge in [-0.2, -0.15) is 0 Å². The smallest absolute Gasteiger partial charge is 0.125 e. The van der Waals surface area contributed by atoms with Crippen molar-refractivity contribution in [1.29, 1.82) is 0 Å². The van der Waals surface area contributed by atoms with E-state index in [4.69, 9.17) is 18.0 Å². The molecule has 19 heavy (non-hydrogen) atoms. The number of thiocarbonyl (C=S) groups is 1. The lowest BCUT2D eigenvalue weighted by Gasteiger charge is -2.22. The van der Waals surface area contributed by atoms with Crippen LogP contribution in [0, 0.1) is 5.82 Å². The maximum Gasteiger partial charge on any atom is 0.125 e. The van der Waals surface area contributed by atoms with Crippen LogP contribution >= 0.6 is 28.1 Å². The Kier molecular flexibility index (Phi) is 4.17. The standard InChI is InChI=1S/C14H12BrFN2S/c1-18(11-4-2-3-10(16)8-11)13-7-9(15)5-6-12(13)14(17)19/h2-8H,1H3,(H2,17,19). The lowest BCUT2D eigenvalue weighted by molar-refractivity contribution is 0.628. The molecule has 0 bridgehead atoms. The molecule has 2 rings (SSSR count). The highest BCUT2D eigenvalue weighted by molar-refractivity contribution is 9.10. The fraction of sp³-hybridized carbons (Fsp3) is 0.0714. The van der Waals surface area contributed by atoms with Gasteiger partial charge < -0.3 is 10.6 Å². The highest BCUT2D eigenvalue weighted by Crippen LogP contribution is 2.30. The van der Waals surface area contributed by atoms with Gasteiger partial charge in [0.05, 0.1) is 5.69 Å². The van der Waals surface area contributed by atoms with Gasteiger partial charge in [0.25, 0.3) is 0 Å². The molecule has 0 heterocycles. The van der Waals surface area contributed by atoms with Gasteiger partial charge in [-0.25, -0.2) is 4.39 Å². The first kappa shape index (κ1) is 14.0. The third kappa shape index (κ3) is 3.11. The second-order valence-electron chi connectivity index (χ2n) is 4.06. The van der Waals surface area contributed by atoms with Crippen molar-refractivity contribution in [3.05, 3.63) is 58.3 Å². The Morgan fingerprint density at radius 3 is 2.63 bits per heavy atom. The second-order valence-corrected chi connectivity index (χ2v) is 5.42. The molecule has 0 spiro atoms. The molecule has 0 fully saturated rings. The average Bonchev–Trinajstić information content (AvgIpc) is 2.37. The number of nitrogens with two attached hydrogens (primary N) is 1. The lowest BCUT2D eigenvalue weighted by atomic mass is 10.1. The molecule has 98 valence electrons. The molecule has 0 amide bonds. The van der Waals surface area contributed by atoms with E-state index in [0.29, 0.717) is 4.99 Å². The fourth-order valence-corrected chi connectivity index (χ4v) is 2.34. The average molecular weight is 339 g/mol. The van der Waals surface area contributed by atoms with Gasteiger partial charge in [-0.3, -0.25) is 0 Å². The SMILES string of the molecule is CN(c1cccc(F)c1)c1cc(Br)ccc1C(N)=S. The number of rotatable bonds is 3. The van der Waals surface area contributed by atoms with Crippen molar-refractivity contribution in [2.24, 2.45) is 5.73 Å². The zero-order valence-corrected chi connectivity index (χ0v) is 12.6. The molecule has 5 heteroatoms. The first-order valence-corrected chi connectivity index (χ1v) is 6.78. The van der Waals surface area contributed by atoms with Gasteiger partial charge in [-0.15, -0.1) is 0 Å². The van der Waals surface area contributed by atoms with Crippen LogP contribution < -0.4 is 10.6 Å². The summed E-state index contributed by atoms with van der Waals surface area (Å²) in [6, 6.07) is 12.0. The lowest BCUT2D eigenvalue weighted by Crippen LogP contribution is -2.17. The van der Waals surface area contributed by atoms with Crippen molar-refractivity contribution in [3.63, 3.8) is 0 Å². The molecule has 0 aliphatic carbocycles. The van der Waals surface area contributed by atoms with E-state index in [1.54, 1.807) is 6.07 Å². The van der Waals surface area contributed by atoms with Crippen molar-refractivity contribution in [2.75, 3.05) is 11.9 Å². The third-order valence-corrected chi connectivity index (χ3v) is 3.50. The molecule has 0 atom stereocenters. The quantitative estimate of drug-likeness (QED) is 0.858. The van der Waals surface area contributed by atoms with Crippen LogP contribution in [0.5, 0.6) is 0 Å². The van der Waals surface area contributed by atoms with E-state index >= 15 is 0 Å². The van der Waals surface area contributed by atoms with Crippen LogP contribution in [0.3, 0.4) is 0 Å². The minimum absolute atomic E-state index is 0.281. The van der Waals surface area contributed by atoms with Gasteiger partial charge in [-0.1, -0.05) is 34.2 Å². The zero-order chi connectivity index (χ0) is 14.0. The molecule has 2 N–H and O–H groups in total. The van der Waals surface area contributed by atoms with Gasteiger partial charge in [0.1, 0.15) is 10.8 Å². The fourth-order valence-electron chi connectivity index (χ4n) is 1.81. The van der Waals surface area contributed by atoms with Gasteiger partial charge in [0.2, 0.25) is 0 Å². The van der Waals surface area contributed by atoms with Crippen LogP contribution in [0.2, 0.25) is 0 Å². The first-order chi connectivity index (χ1) is 8.99. The maximum absolute atomic E-state index is 13.3. The monoisotopic (exact) mass is 338 g/mol. The summed E-state index contributed by atoms with van der Waals surface area (Å²) >= 11 is 8.47. The summed E-state index contributed by atoms with van der Waals surface area (Å²) < 4.78 is 14.2. The summed E-state index contributed by atoms with van der Waals surface area (Å²) in [7, 11) is 1.85. The van der Waals surface area contributed by atoms with Crippen LogP contribution in [-0.4, -0.2) is 12.0 Å². The number of halogens is 2. The molecule has 2 aromatic carbocycles. The summed E-state index contributed by atoms with van der Waals surface area (Å²) in [6.45, 7) is 0. The normalized spacial score (nSPS) is 10.3. The van der Waals surface area contributed by atoms with Crippen molar-refractivity contribution >= 4 is 44.5 Å². The Bertz CT molecular complexity index is 631. The van der Waals surface area contributed by atoms with Gasteiger partial charge in [0, 0.05) is 22.8 Å². The predicted molar refractivity (Wildman–Crippen MR) is 84.5 cm³/mol. The first-order valence-electron chi connectivity index (χ1n) is 5.57. The molecular formula is C14H12BrFN2S. The van der Waals surface area contributed by atoms with Crippen molar-refractivity contribution < 1.29 is 4.39 Å². The van der Waals surface area contributed by atoms with Crippen LogP contribution in [-0.2, 0) is 0 Å². The molecule has 0 saturated heterocycles. The second kappa shape index (κ2) is 5.67. The Morgan fingerprint density at radius 1 is 1.26 bits per heavy atom. The zero-order valence-electron chi connectivity index (χ0n) is 10.2. The Morgan fingerprint density at radius 2 is 2.00 bits per heavy atom. The number of nitrogens with zero attached hydrogens (tertiary/aromatic N) is 1. The van der Waals surface area contributed by atoms with Gasteiger partial charge in [0.15, 0.2) is 0 Å². The molecule has 0 unspecified atom stereocenters. The topological polar surface area (TPSA) is 29.3 Å². The van der Waals surface area contributed by atoms with Crippen LogP contribution in [0.4, 0.5) is 15.8 Å². The summed E-state index contributed by atoms with van der Waals surface area (Å²) in [6.07, 6.45) is 0. The molecule has 2 nitrogen and oxygen atoms in total. The number of benzene rings is 2. The Labute approximate surface area is 125 Å². The Hall–Kier alpha value is -1.46. The Balaban J connectivity index is 2.51. The number of hydrogen-bond acceptors (Lipinski definition) is 2. The molecular weight excluding hydrogens is 327 g/mol. The van der Waals surface area contributed by atoms with E-state index in [2.05, 4.69) is 15.9 Å². The van der Waals surface area contributed by atoms with Crippen LogP contribution in [0.25, 0.3) is 0 Å². The summed E-state index contributed by atoms with van der Waals surface area (Å²) in [5.41, 5.74) is 8.04. The maximum atomic E-state index is 13.3. The minimum atomic E-state index is -0.281. The van der Waals surface area contributed by atoms with Gasteiger partial charge in [-0.05, 0) is 36.4 Å². The largest absolute Gasteiger partial charge is 0.389 e. The molecule has 0 aliphatic rings. The molecule has 0 saturated carbocycles. The number of hydrogen-bond donors (Lipinski definition) is 1. The predicted octanol–water partition coefficient (Wildman–Crippen LogP) is 3.99. The molecule has 0 radical (unpaired) electrons. The highest BCUT2D eigenvalue weighted by atomic mass is 79.9.